The molecule has 0 aliphatic rings. The summed E-state index contributed by atoms with van der Waals surface area (Å²) in [7, 11) is 0. The first-order valence-corrected chi connectivity index (χ1v) is 6.33. The van der Waals surface area contributed by atoms with Crippen molar-refractivity contribution in [3.05, 3.63) is 70.0 Å². The Morgan fingerprint density at radius 1 is 0.889 bits per heavy atom. The van der Waals surface area contributed by atoms with Gasteiger partial charge in [-0.2, -0.15) is 0 Å². The molecular weight excluding hydrogens is 328 g/mol. The van der Waals surface area contributed by atoms with E-state index in [1.54, 1.807) is 24.3 Å². The molecule has 0 N–H and O–H groups in total. The quantitative estimate of drug-likeness (QED) is 0.520. The highest BCUT2D eigenvalue weighted by Crippen LogP contribution is 2.34. The maximum atomic E-state index is 13.6. The SMILES string of the molecule is Fc1ccc(C(Br)c2ccc(Cl)cc2)c(F)c1F. The number of rotatable bonds is 2. The highest BCUT2D eigenvalue weighted by Gasteiger charge is 2.20. The predicted octanol–water partition coefficient (Wildman–Crippen LogP) is 5.24. The van der Waals surface area contributed by atoms with Crippen LogP contribution < -0.4 is 0 Å². The smallest absolute Gasteiger partial charge is 0.194 e. The maximum Gasteiger partial charge on any atom is 0.194 e. The van der Waals surface area contributed by atoms with Crippen molar-refractivity contribution in [2.24, 2.45) is 0 Å². The zero-order valence-electron chi connectivity index (χ0n) is 8.93. The summed E-state index contributed by atoms with van der Waals surface area (Å²) in [5.41, 5.74) is 0.737. The standard InChI is InChI=1S/C13H7BrClF3/c14-11(7-1-3-8(15)4-2-7)9-5-6-10(16)13(18)12(9)17/h1-6,11H. The number of hydrogen-bond acceptors (Lipinski definition) is 0. The van der Waals surface area contributed by atoms with E-state index in [0.29, 0.717) is 10.6 Å². The highest BCUT2D eigenvalue weighted by molar-refractivity contribution is 9.09. The summed E-state index contributed by atoms with van der Waals surface area (Å²) in [6, 6.07) is 8.76. The summed E-state index contributed by atoms with van der Waals surface area (Å²) in [6.07, 6.45) is 0. The van der Waals surface area contributed by atoms with Crippen LogP contribution in [0.15, 0.2) is 36.4 Å². The van der Waals surface area contributed by atoms with Gasteiger partial charge in [0.2, 0.25) is 0 Å². The Hall–Kier alpha value is -1.00. The Balaban J connectivity index is 2.43. The molecule has 0 bridgehead atoms. The van der Waals surface area contributed by atoms with Crippen LogP contribution in [-0.4, -0.2) is 0 Å². The van der Waals surface area contributed by atoms with Crippen molar-refractivity contribution in [2.75, 3.05) is 0 Å². The molecule has 18 heavy (non-hydrogen) atoms. The normalized spacial score (nSPS) is 12.5. The van der Waals surface area contributed by atoms with E-state index in [-0.39, 0.29) is 5.56 Å². The average Bonchev–Trinajstić information content (AvgIpc) is 2.36. The van der Waals surface area contributed by atoms with E-state index in [4.69, 9.17) is 11.6 Å². The molecule has 2 rings (SSSR count). The van der Waals surface area contributed by atoms with Crippen LogP contribution in [0.1, 0.15) is 16.0 Å². The second-order valence-corrected chi connectivity index (χ2v) is 5.03. The van der Waals surface area contributed by atoms with Gasteiger partial charge in [0.05, 0.1) is 4.83 Å². The summed E-state index contributed by atoms with van der Waals surface area (Å²) in [6.45, 7) is 0. The molecule has 0 fully saturated rings. The van der Waals surface area contributed by atoms with Gasteiger partial charge < -0.3 is 0 Å². The van der Waals surface area contributed by atoms with E-state index in [9.17, 15) is 13.2 Å². The van der Waals surface area contributed by atoms with Crippen LogP contribution in [0.4, 0.5) is 13.2 Å². The van der Waals surface area contributed by atoms with Crippen molar-refractivity contribution in [1.82, 2.24) is 0 Å². The fraction of sp³-hybridized carbons (Fsp3) is 0.0769. The van der Waals surface area contributed by atoms with Crippen molar-refractivity contribution in [3.63, 3.8) is 0 Å². The molecule has 2 aromatic carbocycles. The van der Waals surface area contributed by atoms with Gasteiger partial charge in [0.1, 0.15) is 0 Å². The molecule has 0 saturated carbocycles. The second kappa shape index (κ2) is 5.33. The Morgan fingerprint density at radius 2 is 1.50 bits per heavy atom. The Kier molecular flexibility index (Phi) is 3.97. The topological polar surface area (TPSA) is 0 Å². The van der Waals surface area contributed by atoms with Crippen molar-refractivity contribution >= 4 is 27.5 Å². The molecule has 0 amide bonds. The summed E-state index contributed by atoms with van der Waals surface area (Å²) < 4.78 is 39.6. The van der Waals surface area contributed by atoms with Crippen molar-refractivity contribution in [3.8, 4) is 0 Å². The molecule has 0 heterocycles. The van der Waals surface area contributed by atoms with Crippen LogP contribution >= 0.6 is 27.5 Å². The molecule has 0 aromatic heterocycles. The Morgan fingerprint density at radius 3 is 2.11 bits per heavy atom. The Labute approximate surface area is 116 Å². The van der Waals surface area contributed by atoms with E-state index < -0.39 is 22.3 Å². The lowest BCUT2D eigenvalue weighted by molar-refractivity contribution is 0.442. The van der Waals surface area contributed by atoms with Gasteiger partial charge in [0.15, 0.2) is 17.5 Å². The minimum atomic E-state index is -1.47. The summed E-state index contributed by atoms with van der Waals surface area (Å²) >= 11 is 9.00. The van der Waals surface area contributed by atoms with Gasteiger partial charge in [-0.25, -0.2) is 13.2 Å². The monoisotopic (exact) mass is 334 g/mol. The minimum Gasteiger partial charge on any atom is -0.204 e. The van der Waals surface area contributed by atoms with Gasteiger partial charge in [-0.05, 0) is 23.8 Å². The molecule has 0 aliphatic heterocycles. The van der Waals surface area contributed by atoms with Crippen molar-refractivity contribution < 1.29 is 13.2 Å². The molecule has 0 nitrogen and oxygen atoms in total. The number of benzene rings is 2. The van der Waals surface area contributed by atoms with Gasteiger partial charge in [-0.3, -0.25) is 0 Å². The van der Waals surface area contributed by atoms with E-state index in [0.717, 1.165) is 6.07 Å². The molecule has 0 saturated heterocycles. The zero-order chi connectivity index (χ0) is 13.3. The minimum absolute atomic E-state index is 0.0382. The maximum absolute atomic E-state index is 13.6. The summed E-state index contributed by atoms with van der Waals surface area (Å²) in [5.74, 6) is -3.86. The Bertz CT molecular complexity index is 569. The largest absolute Gasteiger partial charge is 0.204 e. The molecule has 0 aliphatic carbocycles. The number of hydrogen-bond donors (Lipinski definition) is 0. The second-order valence-electron chi connectivity index (χ2n) is 3.68. The van der Waals surface area contributed by atoms with Crippen LogP contribution in [0.3, 0.4) is 0 Å². The molecule has 2 aromatic rings. The first-order chi connectivity index (χ1) is 8.50. The predicted molar refractivity (Wildman–Crippen MR) is 68.5 cm³/mol. The van der Waals surface area contributed by atoms with Gasteiger partial charge in [-0.1, -0.05) is 45.7 Å². The number of halogens is 5. The third-order valence-electron chi connectivity index (χ3n) is 2.50. The highest BCUT2D eigenvalue weighted by atomic mass is 79.9. The van der Waals surface area contributed by atoms with Crippen LogP contribution in [0.25, 0.3) is 0 Å². The van der Waals surface area contributed by atoms with E-state index >= 15 is 0 Å². The molecule has 94 valence electrons. The molecule has 0 spiro atoms. The van der Waals surface area contributed by atoms with Crippen LogP contribution in [0.5, 0.6) is 0 Å². The fourth-order valence-corrected chi connectivity index (χ4v) is 2.33. The van der Waals surface area contributed by atoms with Gasteiger partial charge in [0, 0.05) is 10.6 Å². The van der Waals surface area contributed by atoms with E-state index in [1.165, 1.54) is 6.07 Å². The van der Waals surface area contributed by atoms with Gasteiger partial charge >= 0.3 is 0 Å². The molecule has 0 radical (unpaired) electrons. The molecule has 5 heteroatoms. The van der Waals surface area contributed by atoms with Crippen LogP contribution in [0, 0.1) is 17.5 Å². The first kappa shape index (κ1) is 13.4. The summed E-state index contributed by atoms with van der Waals surface area (Å²) in [4.78, 5) is -0.565. The van der Waals surface area contributed by atoms with Gasteiger partial charge in [-0.15, -0.1) is 0 Å². The lowest BCUT2D eigenvalue weighted by Crippen LogP contribution is -2.01. The van der Waals surface area contributed by atoms with Crippen LogP contribution in [0.2, 0.25) is 5.02 Å². The average molecular weight is 336 g/mol. The fourth-order valence-electron chi connectivity index (χ4n) is 1.55. The van der Waals surface area contributed by atoms with Crippen molar-refractivity contribution in [2.45, 2.75) is 4.83 Å². The molecule has 1 atom stereocenters. The third kappa shape index (κ3) is 2.54. The van der Waals surface area contributed by atoms with Crippen LogP contribution in [-0.2, 0) is 0 Å². The van der Waals surface area contributed by atoms with Gasteiger partial charge in [0.25, 0.3) is 0 Å². The molecule has 1 unspecified atom stereocenters. The van der Waals surface area contributed by atoms with Crippen molar-refractivity contribution in [1.29, 1.82) is 0 Å². The third-order valence-corrected chi connectivity index (χ3v) is 3.77. The van der Waals surface area contributed by atoms with E-state index in [1.807, 2.05) is 0 Å². The lowest BCUT2D eigenvalue weighted by Gasteiger charge is -2.12. The lowest BCUT2D eigenvalue weighted by atomic mass is 10.0. The zero-order valence-corrected chi connectivity index (χ0v) is 11.3. The molecular formula is C13H7BrClF3. The summed E-state index contributed by atoms with van der Waals surface area (Å²) in [5, 5.41) is 0.546. The first-order valence-electron chi connectivity index (χ1n) is 5.03. The van der Waals surface area contributed by atoms with E-state index in [2.05, 4.69) is 15.9 Å². The number of alkyl halides is 1.